The highest BCUT2D eigenvalue weighted by Crippen LogP contribution is 2.18. The maximum Gasteiger partial charge on any atom is 0.315 e. The molecule has 3 rings (SSSR count). The molecule has 0 aliphatic heterocycles. The summed E-state index contributed by atoms with van der Waals surface area (Å²) in [6, 6.07) is 16.9. The van der Waals surface area contributed by atoms with Crippen LogP contribution in [0.4, 0.5) is 4.79 Å². The number of nitrogens with one attached hydrogen (secondary N) is 2. The molecule has 2 N–H and O–H groups in total. The highest BCUT2D eigenvalue weighted by Gasteiger charge is 1.99. The molecular weight excluding hydrogens is 354 g/mol. The maximum absolute atomic E-state index is 11.8. The molecule has 0 saturated carbocycles. The van der Waals surface area contributed by atoms with Crippen molar-refractivity contribution in [3.63, 3.8) is 0 Å². The van der Waals surface area contributed by atoms with E-state index in [1.165, 1.54) is 0 Å². The van der Waals surface area contributed by atoms with Gasteiger partial charge >= 0.3 is 6.03 Å². The summed E-state index contributed by atoms with van der Waals surface area (Å²) in [7, 11) is 1.62. The molecule has 28 heavy (non-hydrogen) atoms. The molecule has 2 aromatic carbocycles. The van der Waals surface area contributed by atoms with Crippen molar-refractivity contribution >= 4 is 16.9 Å². The van der Waals surface area contributed by atoms with Gasteiger partial charge in [-0.3, -0.25) is 4.98 Å². The molecule has 142 valence electrons. The number of benzene rings is 2. The van der Waals surface area contributed by atoms with Crippen molar-refractivity contribution in [2.75, 3.05) is 20.3 Å². The number of carbonyl (C=O) groups excluding carboxylic acids is 1. The molecule has 0 unspecified atom stereocenters. The van der Waals surface area contributed by atoms with Gasteiger partial charge in [-0.1, -0.05) is 30.0 Å². The predicted octanol–water partition coefficient (Wildman–Crippen LogP) is 3.13. The average Bonchev–Trinajstić information content (AvgIpc) is 2.75. The zero-order valence-electron chi connectivity index (χ0n) is 15.6. The van der Waals surface area contributed by atoms with Gasteiger partial charge in [-0.2, -0.15) is 0 Å². The molecule has 0 radical (unpaired) electrons. The average molecular weight is 375 g/mol. The van der Waals surface area contributed by atoms with Crippen LogP contribution in [0.1, 0.15) is 5.56 Å². The minimum absolute atomic E-state index is 0.244. The Hall–Kier alpha value is -3.72. The molecule has 0 spiro atoms. The molecule has 2 amide bonds. The Labute approximate surface area is 163 Å². The highest BCUT2D eigenvalue weighted by molar-refractivity contribution is 5.79. The maximum atomic E-state index is 11.8. The molecule has 0 saturated heterocycles. The van der Waals surface area contributed by atoms with Crippen LogP contribution in [0, 0.1) is 11.8 Å². The van der Waals surface area contributed by atoms with E-state index in [1.54, 1.807) is 13.3 Å². The molecular formula is C22H21N3O3. The van der Waals surface area contributed by atoms with Crippen molar-refractivity contribution in [1.82, 2.24) is 15.6 Å². The van der Waals surface area contributed by atoms with Crippen molar-refractivity contribution in [1.29, 1.82) is 0 Å². The number of aromatic nitrogens is 1. The lowest BCUT2D eigenvalue weighted by atomic mass is 10.2. The van der Waals surface area contributed by atoms with Crippen LogP contribution in [-0.4, -0.2) is 31.3 Å². The predicted molar refractivity (Wildman–Crippen MR) is 108 cm³/mol. The number of amides is 2. The van der Waals surface area contributed by atoms with Gasteiger partial charge in [-0.05, 0) is 35.9 Å². The van der Waals surface area contributed by atoms with Gasteiger partial charge in [0, 0.05) is 24.2 Å². The third-order valence-corrected chi connectivity index (χ3v) is 3.96. The van der Waals surface area contributed by atoms with E-state index in [2.05, 4.69) is 27.5 Å². The zero-order chi connectivity index (χ0) is 19.6. The summed E-state index contributed by atoms with van der Waals surface area (Å²) in [5.41, 5.74) is 1.86. The second-order valence-electron chi connectivity index (χ2n) is 5.88. The number of ether oxygens (including phenoxy) is 2. The molecule has 1 aromatic heterocycles. The van der Waals surface area contributed by atoms with Crippen LogP contribution >= 0.6 is 0 Å². The van der Waals surface area contributed by atoms with Crippen LogP contribution in [0.15, 0.2) is 60.8 Å². The van der Waals surface area contributed by atoms with E-state index in [4.69, 9.17) is 9.47 Å². The topological polar surface area (TPSA) is 72.5 Å². The lowest BCUT2D eigenvalue weighted by molar-refractivity contribution is 0.241. The normalized spacial score (nSPS) is 9.89. The SMILES string of the molecule is COc1ccc(CNC(=O)NCC#CCOc2ccc3cccnc3c2)cc1. The number of rotatable bonds is 6. The summed E-state index contributed by atoms with van der Waals surface area (Å²) in [6.07, 6.45) is 1.75. The van der Waals surface area contributed by atoms with Crippen molar-refractivity contribution in [2.45, 2.75) is 6.54 Å². The zero-order valence-corrected chi connectivity index (χ0v) is 15.6. The van der Waals surface area contributed by atoms with Gasteiger partial charge in [0.1, 0.15) is 18.1 Å². The minimum Gasteiger partial charge on any atom is -0.497 e. The highest BCUT2D eigenvalue weighted by atomic mass is 16.5. The van der Waals surface area contributed by atoms with Crippen LogP contribution in [0.25, 0.3) is 10.9 Å². The van der Waals surface area contributed by atoms with Crippen LogP contribution in [-0.2, 0) is 6.54 Å². The first-order valence-corrected chi connectivity index (χ1v) is 8.82. The molecule has 6 nitrogen and oxygen atoms in total. The smallest absolute Gasteiger partial charge is 0.315 e. The largest absolute Gasteiger partial charge is 0.497 e. The Bertz CT molecular complexity index is 991. The fourth-order valence-electron chi connectivity index (χ4n) is 2.48. The molecule has 0 aliphatic rings. The first-order valence-electron chi connectivity index (χ1n) is 8.82. The summed E-state index contributed by atoms with van der Waals surface area (Å²) >= 11 is 0. The molecule has 0 bridgehead atoms. The second kappa shape index (κ2) is 9.83. The van der Waals surface area contributed by atoms with E-state index in [1.807, 2.05) is 54.6 Å². The Balaban J connectivity index is 1.35. The Kier molecular flexibility index (Phi) is 6.69. The summed E-state index contributed by atoms with van der Waals surface area (Å²) in [5.74, 6) is 7.23. The standard InChI is InChI=1S/C22H21N3O3/c1-27-19-9-6-17(7-10-19)16-25-22(26)24-12-2-3-14-28-20-11-8-18-5-4-13-23-21(18)15-20/h4-11,13,15H,12,14,16H2,1H3,(H2,24,25,26). The number of nitrogens with zero attached hydrogens (tertiary/aromatic N) is 1. The van der Waals surface area contributed by atoms with E-state index in [0.717, 1.165) is 22.2 Å². The van der Waals surface area contributed by atoms with Crippen molar-refractivity contribution in [2.24, 2.45) is 0 Å². The van der Waals surface area contributed by atoms with E-state index in [0.29, 0.717) is 12.3 Å². The molecule has 3 aromatic rings. The van der Waals surface area contributed by atoms with E-state index >= 15 is 0 Å². The number of urea groups is 1. The Morgan fingerprint density at radius 3 is 2.68 bits per heavy atom. The van der Waals surface area contributed by atoms with Gasteiger partial charge < -0.3 is 20.1 Å². The first kappa shape index (κ1) is 19.1. The number of hydrogen-bond acceptors (Lipinski definition) is 4. The van der Waals surface area contributed by atoms with Crippen LogP contribution in [0.5, 0.6) is 11.5 Å². The van der Waals surface area contributed by atoms with Gasteiger partial charge in [0.15, 0.2) is 0 Å². The quantitative estimate of drug-likeness (QED) is 0.650. The molecule has 0 fully saturated rings. The lowest BCUT2D eigenvalue weighted by Gasteiger charge is -2.06. The van der Waals surface area contributed by atoms with Crippen molar-refractivity contribution < 1.29 is 14.3 Å². The summed E-state index contributed by atoms with van der Waals surface area (Å²) in [5, 5.41) is 6.52. The number of pyridine rings is 1. The van der Waals surface area contributed by atoms with Gasteiger partial charge in [0.25, 0.3) is 0 Å². The molecule has 6 heteroatoms. The van der Waals surface area contributed by atoms with E-state index in [9.17, 15) is 4.79 Å². The third kappa shape index (κ3) is 5.64. The van der Waals surface area contributed by atoms with Gasteiger partial charge in [-0.25, -0.2) is 4.79 Å². The first-order chi connectivity index (χ1) is 13.7. The second-order valence-corrected chi connectivity index (χ2v) is 5.88. The van der Waals surface area contributed by atoms with Crippen LogP contribution in [0.3, 0.4) is 0 Å². The van der Waals surface area contributed by atoms with E-state index in [-0.39, 0.29) is 19.2 Å². The molecule has 1 heterocycles. The number of hydrogen-bond donors (Lipinski definition) is 2. The monoisotopic (exact) mass is 375 g/mol. The fraction of sp³-hybridized carbons (Fsp3) is 0.182. The Morgan fingerprint density at radius 1 is 1.04 bits per heavy atom. The molecule has 0 atom stereocenters. The molecule has 0 aliphatic carbocycles. The van der Waals surface area contributed by atoms with Crippen LogP contribution in [0.2, 0.25) is 0 Å². The summed E-state index contributed by atoms with van der Waals surface area (Å²) in [6.45, 7) is 0.924. The van der Waals surface area contributed by atoms with E-state index < -0.39 is 0 Å². The lowest BCUT2D eigenvalue weighted by Crippen LogP contribution is -2.35. The van der Waals surface area contributed by atoms with Crippen LogP contribution < -0.4 is 20.1 Å². The van der Waals surface area contributed by atoms with Crippen molar-refractivity contribution in [3.05, 3.63) is 66.4 Å². The summed E-state index contributed by atoms with van der Waals surface area (Å²) < 4.78 is 10.7. The number of carbonyl (C=O) groups is 1. The fourth-order valence-corrected chi connectivity index (χ4v) is 2.48. The van der Waals surface area contributed by atoms with Gasteiger partial charge in [0.05, 0.1) is 19.2 Å². The van der Waals surface area contributed by atoms with Crippen molar-refractivity contribution in [3.8, 4) is 23.3 Å². The Morgan fingerprint density at radius 2 is 1.86 bits per heavy atom. The minimum atomic E-state index is -0.272. The van der Waals surface area contributed by atoms with Gasteiger partial charge in [-0.15, -0.1) is 0 Å². The third-order valence-electron chi connectivity index (χ3n) is 3.96. The van der Waals surface area contributed by atoms with Gasteiger partial charge in [0.2, 0.25) is 0 Å². The number of fused-ring (bicyclic) bond motifs is 1. The number of methoxy groups -OCH3 is 1. The summed E-state index contributed by atoms with van der Waals surface area (Å²) in [4.78, 5) is 16.1.